The fourth-order valence-corrected chi connectivity index (χ4v) is 2.84. The van der Waals surface area contributed by atoms with Crippen molar-refractivity contribution in [3.8, 4) is 5.75 Å². The predicted octanol–water partition coefficient (Wildman–Crippen LogP) is -1.35. The number of aliphatic hydroxyl groups is 1. The lowest BCUT2D eigenvalue weighted by atomic mass is 9.99. The summed E-state index contributed by atoms with van der Waals surface area (Å²) in [7, 11) is 0. The molecule has 2 aromatic carbocycles. The van der Waals surface area contributed by atoms with Gasteiger partial charge in [-0.3, -0.25) is 0 Å². The highest BCUT2D eigenvalue weighted by Crippen LogP contribution is 2.29. The molecule has 0 aromatic heterocycles. The van der Waals surface area contributed by atoms with Gasteiger partial charge in [0, 0.05) is 5.56 Å². The van der Waals surface area contributed by atoms with Gasteiger partial charge in [-0.25, -0.2) is 4.39 Å². The van der Waals surface area contributed by atoms with Crippen molar-refractivity contribution in [2.45, 2.75) is 31.6 Å². The third kappa shape index (κ3) is 4.77. The Hall–Kier alpha value is -1.43. The van der Waals surface area contributed by atoms with Crippen molar-refractivity contribution in [1.29, 1.82) is 0 Å². The standard InChI is InChI=1S/C18H20FNO2.BrH/c19-15-7-9-17-14(10-15)6-8-18(22-17)16(21)12-20-11-13-4-2-1-3-5-13;/h1-5,7,9-10,16,18,20-21H,6,8,11-12H2;1H/t16-,18+;/m0./s1. The molecule has 23 heavy (non-hydrogen) atoms. The second-order valence-electron chi connectivity index (χ2n) is 5.73. The number of benzene rings is 2. The van der Waals surface area contributed by atoms with Gasteiger partial charge in [-0.05, 0) is 36.6 Å². The fourth-order valence-electron chi connectivity index (χ4n) is 2.84. The molecule has 124 valence electrons. The van der Waals surface area contributed by atoms with Crippen LogP contribution >= 0.6 is 0 Å². The minimum atomic E-state index is -0.526. The van der Waals surface area contributed by atoms with Gasteiger partial charge in [0.1, 0.15) is 36.9 Å². The molecule has 0 saturated carbocycles. The summed E-state index contributed by atoms with van der Waals surface area (Å²) in [5.41, 5.74) is 2.12. The number of aryl methyl sites for hydroxylation is 1. The smallest absolute Gasteiger partial charge is 0.139 e. The molecule has 0 amide bonds. The van der Waals surface area contributed by atoms with Crippen LogP contribution in [0.15, 0.2) is 48.5 Å². The first kappa shape index (κ1) is 17.9. The Morgan fingerprint density at radius 2 is 2.00 bits per heavy atom. The predicted molar refractivity (Wildman–Crippen MR) is 82.1 cm³/mol. The van der Waals surface area contributed by atoms with Crippen molar-refractivity contribution in [3.05, 3.63) is 65.5 Å². The van der Waals surface area contributed by atoms with Crippen molar-refractivity contribution >= 4 is 0 Å². The molecule has 0 saturated heterocycles. The summed E-state index contributed by atoms with van der Waals surface area (Å²) in [5, 5.41) is 12.4. The average molecular weight is 382 g/mol. The van der Waals surface area contributed by atoms with E-state index in [1.54, 1.807) is 6.07 Å². The van der Waals surface area contributed by atoms with E-state index in [0.29, 0.717) is 12.3 Å². The summed E-state index contributed by atoms with van der Waals surface area (Å²) < 4.78 is 19.0. The zero-order chi connectivity index (χ0) is 15.4. The first-order valence-electron chi connectivity index (χ1n) is 7.71. The number of hydrogen-bond donors (Lipinski definition) is 2. The van der Waals surface area contributed by atoms with Crippen LogP contribution in [0.2, 0.25) is 0 Å². The van der Waals surface area contributed by atoms with E-state index in [4.69, 9.17) is 4.74 Å². The van der Waals surface area contributed by atoms with Crippen molar-refractivity contribution in [2.24, 2.45) is 0 Å². The van der Waals surface area contributed by atoms with E-state index in [2.05, 4.69) is 17.4 Å². The zero-order valence-electron chi connectivity index (χ0n) is 12.8. The van der Waals surface area contributed by atoms with Crippen LogP contribution in [-0.2, 0) is 13.0 Å². The Balaban J connectivity index is 0.00000192. The maximum Gasteiger partial charge on any atom is 0.139 e. The topological polar surface area (TPSA) is 46.1 Å². The highest BCUT2D eigenvalue weighted by atomic mass is 79.9. The highest BCUT2D eigenvalue weighted by Gasteiger charge is 2.27. The molecule has 0 aliphatic carbocycles. The molecule has 1 aliphatic heterocycles. The van der Waals surface area contributed by atoms with Crippen molar-refractivity contribution in [1.82, 2.24) is 0 Å². The normalized spacial score (nSPS) is 17.6. The van der Waals surface area contributed by atoms with Gasteiger partial charge >= 0.3 is 0 Å². The van der Waals surface area contributed by atoms with Crippen molar-refractivity contribution in [2.75, 3.05) is 6.54 Å². The monoisotopic (exact) mass is 381 g/mol. The van der Waals surface area contributed by atoms with Gasteiger partial charge in [-0.2, -0.15) is 0 Å². The molecule has 0 spiro atoms. The van der Waals surface area contributed by atoms with Crippen LogP contribution in [0.25, 0.3) is 0 Å². The summed E-state index contributed by atoms with van der Waals surface area (Å²) in [6.07, 6.45) is 0.719. The minimum Gasteiger partial charge on any atom is -1.00 e. The lowest BCUT2D eigenvalue weighted by Crippen LogP contribution is -3.00. The SMILES string of the molecule is O[C@@H](C[NH2+]Cc1ccccc1)[C@H]1CCc2cc(F)ccc2O1.[Br-]. The van der Waals surface area contributed by atoms with E-state index in [9.17, 15) is 9.50 Å². The molecule has 5 heteroatoms. The molecule has 0 bridgehead atoms. The number of aliphatic hydroxyl groups excluding tert-OH is 1. The molecular formula is C18H21BrFNO2. The molecule has 0 fully saturated rings. The lowest BCUT2D eigenvalue weighted by Gasteiger charge is -2.28. The zero-order valence-corrected chi connectivity index (χ0v) is 14.4. The van der Waals surface area contributed by atoms with Crippen molar-refractivity contribution < 1.29 is 36.5 Å². The second kappa shape index (κ2) is 8.43. The summed E-state index contributed by atoms with van der Waals surface area (Å²) in [6.45, 7) is 1.43. The first-order valence-corrected chi connectivity index (χ1v) is 7.71. The number of ether oxygens (including phenoxy) is 1. The Bertz CT molecular complexity index is 624. The quantitative estimate of drug-likeness (QED) is 0.672. The number of nitrogens with two attached hydrogens (primary N) is 1. The fraction of sp³-hybridized carbons (Fsp3) is 0.333. The van der Waals surface area contributed by atoms with E-state index in [-0.39, 0.29) is 28.9 Å². The first-order chi connectivity index (χ1) is 10.7. The van der Waals surface area contributed by atoms with Gasteiger partial charge in [0.2, 0.25) is 0 Å². The van der Waals surface area contributed by atoms with Crippen molar-refractivity contribution in [3.63, 3.8) is 0 Å². The van der Waals surface area contributed by atoms with E-state index in [1.165, 1.54) is 17.7 Å². The van der Waals surface area contributed by atoms with Crippen LogP contribution in [0.4, 0.5) is 4.39 Å². The number of fused-ring (bicyclic) bond motifs is 1. The summed E-state index contributed by atoms with van der Waals surface area (Å²) in [6, 6.07) is 14.7. The second-order valence-corrected chi connectivity index (χ2v) is 5.73. The molecule has 3 rings (SSSR count). The molecular weight excluding hydrogens is 361 g/mol. The molecule has 0 radical (unpaired) electrons. The number of rotatable bonds is 5. The molecule has 3 N–H and O–H groups in total. The van der Waals surface area contributed by atoms with Gasteiger partial charge in [0.15, 0.2) is 0 Å². The van der Waals surface area contributed by atoms with Crippen LogP contribution in [0.5, 0.6) is 5.75 Å². The Morgan fingerprint density at radius 3 is 2.78 bits per heavy atom. The summed E-state index contributed by atoms with van der Waals surface area (Å²) in [5.74, 6) is 0.456. The van der Waals surface area contributed by atoms with Crippen LogP contribution in [0, 0.1) is 5.82 Å². The minimum absolute atomic E-state index is 0. The summed E-state index contributed by atoms with van der Waals surface area (Å²) in [4.78, 5) is 0. The Kier molecular flexibility index (Phi) is 6.57. The van der Waals surface area contributed by atoms with Crippen LogP contribution in [0.1, 0.15) is 17.5 Å². The number of halogens is 2. The molecule has 0 unspecified atom stereocenters. The average Bonchev–Trinajstić information content (AvgIpc) is 2.55. The third-order valence-electron chi connectivity index (χ3n) is 4.06. The third-order valence-corrected chi connectivity index (χ3v) is 4.06. The molecule has 2 atom stereocenters. The molecule has 2 aromatic rings. The highest BCUT2D eigenvalue weighted by molar-refractivity contribution is 5.35. The molecule has 3 nitrogen and oxygen atoms in total. The maximum atomic E-state index is 13.2. The largest absolute Gasteiger partial charge is 1.00 e. The molecule has 1 heterocycles. The van der Waals surface area contributed by atoms with E-state index >= 15 is 0 Å². The van der Waals surface area contributed by atoms with Crippen LogP contribution < -0.4 is 27.0 Å². The van der Waals surface area contributed by atoms with Crippen LogP contribution in [0.3, 0.4) is 0 Å². The lowest BCUT2D eigenvalue weighted by molar-refractivity contribution is -0.677. The van der Waals surface area contributed by atoms with E-state index < -0.39 is 6.10 Å². The van der Waals surface area contributed by atoms with E-state index in [0.717, 1.165) is 24.9 Å². The maximum absolute atomic E-state index is 13.2. The Morgan fingerprint density at radius 1 is 1.22 bits per heavy atom. The van der Waals surface area contributed by atoms with Gasteiger partial charge in [0.05, 0.1) is 0 Å². The Labute approximate surface area is 146 Å². The van der Waals surface area contributed by atoms with Gasteiger partial charge in [0.25, 0.3) is 0 Å². The van der Waals surface area contributed by atoms with Gasteiger partial charge < -0.3 is 32.1 Å². The summed E-state index contributed by atoms with van der Waals surface area (Å²) >= 11 is 0. The number of quaternary nitrogens is 1. The van der Waals surface area contributed by atoms with Gasteiger partial charge in [-0.15, -0.1) is 0 Å². The van der Waals surface area contributed by atoms with Crippen LogP contribution in [-0.4, -0.2) is 23.9 Å². The van der Waals surface area contributed by atoms with Gasteiger partial charge in [-0.1, -0.05) is 30.3 Å². The number of hydrogen-bond acceptors (Lipinski definition) is 2. The van der Waals surface area contributed by atoms with E-state index in [1.807, 2.05) is 18.2 Å². The molecule has 1 aliphatic rings.